The van der Waals surface area contributed by atoms with Gasteiger partial charge in [-0.25, -0.2) is 31.9 Å². The van der Waals surface area contributed by atoms with Crippen LogP contribution in [0.4, 0.5) is 37.6 Å². The number of nitrogens with zero attached hydrogens (tertiary/aromatic N) is 17. The molecule has 0 aliphatic carbocycles. The number of hydrogen-bond donors (Lipinski definition) is 2. The lowest BCUT2D eigenvalue weighted by Gasteiger charge is -2.29. The van der Waals surface area contributed by atoms with E-state index in [9.17, 15) is 31.9 Å². The van der Waals surface area contributed by atoms with E-state index in [2.05, 4.69) is 71.7 Å². The van der Waals surface area contributed by atoms with Gasteiger partial charge in [0.15, 0.2) is 0 Å². The molecule has 0 bridgehead atoms. The monoisotopic (exact) mass is 2030 g/mol. The van der Waals surface area contributed by atoms with Crippen molar-refractivity contribution in [2.24, 2.45) is 0 Å². The first kappa shape index (κ1) is 102. The van der Waals surface area contributed by atoms with Gasteiger partial charge in [0.05, 0.1) is 148 Å². The lowest BCUT2D eigenvalue weighted by atomic mass is 10.1. The number of aromatic nitrogens is 12. The summed E-state index contributed by atoms with van der Waals surface area (Å²) in [7, 11) is 4.12. The van der Waals surface area contributed by atoms with E-state index in [0.29, 0.717) is 122 Å². The number of anilines is 1. The zero-order chi connectivity index (χ0) is 101. The molecule has 9 aromatic carbocycles. The quantitative estimate of drug-likeness (QED) is 0.0716. The summed E-state index contributed by atoms with van der Waals surface area (Å²) in [4.78, 5) is 48.0. The van der Waals surface area contributed by atoms with Crippen LogP contribution >= 0.6 is 46.4 Å². The van der Waals surface area contributed by atoms with Gasteiger partial charge in [0.1, 0.15) is 40.1 Å². The minimum Gasteiger partial charge on any atom is -0.444 e. The van der Waals surface area contributed by atoms with Gasteiger partial charge in [0.25, 0.3) is 0 Å². The highest BCUT2D eigenvalue weighted by Gasteiger charge is 2.38. The summed E-state index contributed by atoms with van der Waals surface area (Å²) in [5.41, 5.74) is 22.7. The third kappa shape index (κ3) is 25.3. The molecule has 13 heterocycles. The van der Waals surface area contributed by atoms with Crippen molar-refractivity contribution in [3.63, 3.8) is 0 Å². The number of aromatic amines is 1. The number of hydrogen-bond acceptors (Lipinski definition) is 17. The molecule has 3 amide bonds. The van der Waals surface area contributed by atoms with E-state index in [1.165, 1.54) is 35.5 Å². The largest absolute Gasteiger partial charge is 0.444 e. The molecule has 0 spiro atoms. The zero-order valence-corrected chi connectivity index (χ0v) is 85.3. The molecule has 748 valence electrons. The molecular formula is C110H115Cl4F4N19O7. The predicted octanol–water partition coefficient (Wildman–Crippen LogP) is 23.0. The summed E-state index contributed by atoms with van der Waals surface area (Å²) >= 11 is 24.3. The number of carbonyl (C=O) groups excluding carboxylic acids is 3. The van der Waals surface area contributed by atoms with E-state index in [-0.39, 0.29) is 35.5 Å². The summed E-state index contributed by atoms with van der Waals surface area (Å²) in [6.45, 7) is 30.3. The molecule has 1 saturated heterocycles. The van der Waals surface area contributed by atoms with Crippen LogP contribution in [0.1, 0.15) is 158 Å². The van der Waals surface area contributed by atoms with E-state index in [1.54, 1.807) is 68.0 Å². The number of rotatable bonds is 15. The summed E-state index contributed by atoms with van der Waals surface area (Å²) in [5.74, 6) is -0.979. The normalized spacial score (nSPS) is 14.5. The number of halogens is 8. The number of morpholine rings is 1. The molecule has 0 unspecified atom stereocenters. The van der Waals surface area contributed by atoms with Crippen molar-refractivity contribution >= 4 is 70.4 Å². The third-order valence-electron chi connectivity index (χ3n) is 24.6. The number of ether oxygens (including phenoxy) is 4. The van der Waals surface area contributed by atoms with E-state index < -0.39 is 22.9 Å². The first-order valence-corrected chi connectivity index (χ1v) is 49.3. The van der Waals surface area contributed by atoms with Gasteiger partial charge in [0.2, 0.25) is 0 Å². The van der Waals surface area contributed by atoms with Gasteiger partial charge in [-0.1, -0.05) is 156 Å². The first-order chi connectivity index (χ1) is 69.0. The van der Waals surface area contributed by atoms with Crippen LogP contribution in [0.25, 0.3) is 45.0 Å². The molecule has 7 aliphatic heterocycles. The number of carbonyl (C=O) groups is 3. The van der Waals surface area contributed by atoms with Crippen molar-refractivity contribution in [3.8, 4) is 45.0 Å². The summed E-state index contributed by atoms with van der Waals surface area (Å²) in [5, 5.41) is 36.4. The summed E-state index contributed by atoms with van der Waals surface area (Å²) in [6, 6.07) is 66.5. The molecule has 7 aliphatic rings. The number of fused-ring (bicyclic) bond motifs is 6. The Bertz CT molecular complexity index is 7100. The van der Waals surface area contributed by atoms with Crippen LogP contribution < -0.4 is 10.2 Å². The highest BCUT2D eigenvalue weighted by molar-refractivity contribution is 6.31. The zero-order valence-electron chi connectivity index (χ0n) is 82.3. The maximum Gasteiger partial charge on any atom is 0.410 e. The van der Waals surface area contributed by atoms with Crippen LogP contribution in [0.3, 0.4) is 0 Å². The molecule has 0 atom stereocenters. The molecular weight excluding hydrogens is 1920 g/mol. The predicted molar refractivity (Wildman–Crippen MR) is 549 cm³/mol. The average molecular weight is 2030 g/mol. The fourth-order valence-electron chi connectivity index (χ4n) is 18.4. The number of benzene rings is 9. The van der Waals surface area contributed by atoms with Crippen LogP contribution in [0.2, 0.25) is 20.1 Å². The highest BCUT2D eigenvalue weighted by atomic mass is 35.5. The van der Waals surface area contributed by atoms with Crippen molar-refractivity contribution in [1.29, 1.82) is 0 Å². The Balaban J connectivity index is 0.000000120. The minimum atomic E-state index is -0.585. The van der Waals surface area contributed by atoms with Crippen molar-refractivity contribution in [1.82, 2.24) is 88.9 Å². The maximum atomic E-state index is 14.7. The molecule has 15 aromatic rings. The highest BCUT2D eigenvalue weighted by Crippen LogP contribution is 2.41. The summed E-state index contributed by atoms with van der Waals surface area (Å²) in [6.07, 6.45) is 2.77. The Kier molecular flexibility index (Phi) is 31.5. The number of amides is 3. The third-order valence-corrected chi connectivity index (χ3v) is 25.6. The molecule has 2 N–H and O–H groups in total. The van der Waals surface area contributed by atoms with E-state index in [1.807, 2.05) is 222 Å². The number of nitrogens with one attached hydrogen (secondary N) is 2. The second-order valence-corrected chi connectivity index (χ2v) is 41.3. The van der Waals surface area contributed by atoms with Crippen LogP contribution in [0, 0.1) is 23.3 Å². The fourth-order valence-corrected chi connectivity index (χ4v) is 19.2. The van der Waals surface area contributed by atoms with Gasteiger partial charge >= 0.3 is 18.3 Å². The Morgan fingerprint density at radius 2 is 0.722 bits per heavy atom. The Morgan fingerprint density at radius 1 is 0.368 bits per heavy atom. The van der Waals surface area contributed by atoms with E-state index in [4.69, 9.17) is 80.6 Å². The molecule has 0 radical (unpaired) electrons. The summed E-state index contributed by atoms with van der Waals surface area (Å²) < 4.78 is 89.2. The van der Waals surface area contributed by atoms with Crippen molar-refractivity contribution in [2.75, 3.05) is 45.3 Å². The molecule has 6 aromatic heterocycles. The molecule has 26 nitrogen and oxygen atoms in total. The van der Waals surface area contributed by atoms with E-state index >= 15 is 0 Å². The lowest BCUT2D eigenvalue weighted by Crippen LogP contribution is -2.36. The molecule has 1 fully saturated rings. The first-order valence-electron chi connectivity index (χ1n) is 47.8. The fraction of sp³-hybridized carbons (Fsp3) is 0.318. The number of H-pyrrole nitrogens is 1. The van der Waals surface area contributed by atoms with Crippen molar-refractivity contribution in [3.05, 3.63) is 370 Å². The van der Waals surface area contributed by atoms with Gasteiger partial charge in [-0.2, -0.15) is 30.6 Å². The molecule has 0 saturated carbocycles. The van der Waals surface area contributed by atoms with Crippen molar-refractivity contribution in [2.45, 2.75) is 190 Å². The van der Waals surface area contributed by atoms with Gasteiger partial charge in [-0.15, -0.1) is 0 Å². The van der Waals surface area contributed by atoms with Gasteiger partial charge in [0, 0.05) is 140 Å². The average Bonchev–Trinajstić information content (AvgIpc) is 1.63. The molecule has 34 heteroatoms. The SMILES string of the molecule is CC(C)(C)OC(=O)N1Cc2cn(Cc3cccc(Cl)c3)nc2C1.CC(C)(C)OC(=O)N1Cc2cn[nH]c2C1.CC(C)(C)OC(=O)N1Cc2nn(Cc3cccc(Cl)c3)c(-c3ccccc3F)c2C1.CN1Cc2nn(Cc3cccc(Cl)c3)c(-c3ccccc3F)c2C1.CN1Cc2nn(Cc3cccc(N4CCOCC4)c3)c(-c3ccccc3F)c2C1.Fc1ccccc1-c1c2c(nn1Cc1cccc(Cl)c1)CNC2. The smallest absolute Gasteiger partial charge is 0.410 e. The maximum absolute atomic E-state index is 14.7. The second-order valence-electron chi connectivity index (χ2n) is 39.6. The molecule has 144 heavy (non-hydrogen) atoms. The van der Waals surface area contributed by atoms with Crippen LogP contribution in [-0.2, 0) is 130 Å². The Labute approximate surface area is 854 Å². The van der Waals surface area contributed by atoms with Gasteiger partial charge in [-0.3, -0.25) is 53.0 Å². The topological polar surface area (TPSA) is 237 Å². The van der Waals surface area contributed by atoms with Crippen molar-refractivity contribution < 1.29 is 50.9 Å². The standard InChI is InChI=1S/C23H23ClFN3O2.C23H25FN4O.C19H17ClFN3.C18H15ClFN3.C17H20ClN3O2.C10H15N3O2/c1-23(2,3)30-22(29)27-13-18-20(14-27)26-28(12-15-7-6-8-16(24)11-15)21(18)17-9-4-5-10-19(17)25;1-26-15-20-22(16-26)25-28(23(20)19-7-2-3-8-21(19)24)14-17-5-4-6-18(13-17)27-9-11-29-12-10-27;1-23-11-16-18(12-23)22-24(10-13-5-4-6-14(20)9-13)19(16)15-7-2-3-8-17(15)21;19-13-5-3-4-12(8-13)11-23-18(14-6-1-2-7-16(14)20)15-9-21-10-17(15)22-23;1-17(2,3)23-16(22)20-9-13-10-21(19-15(13)11-20)8-12-5-4-6-14(18)7-12;1-10(2,3)15-9(14)13-5-7-4-11-12-8(7)6-13/h4-11H,12-14H2,1-3H3;2-8,13H,9-12,14-16H2,1H3;2-9H,10-12H2,1H3;1-8,21H,9-11H2;4-7,10H,8-9,11H2,1-3H3;4H,5-6H2,1-3H3,(H,11,12). The van der Waals surface area contributed by atoms with Gasteiger partial charge < -0.3 is 29.2 Å². The minimum absolute atomic E-state index is 0.201. The lowest BCUT2D eigenvalue weighted by molar-refractivity contribution is 0.0229. The Hall–Kier alpha value is -13.4. The second kappa shape index (κ2) is 44.4. The van der Waals surface area contributed by atoms with Crippen LogP contribution in [0.15, 0.2) is 231 Å². The van der Waals surface area contributed by atoms with Crippen LogP contribution in [0.5, 0.6) is 0 Å². The van der Waals surface area contributed by atoms with Gasteiger partial charge in [-0.05, 0) is 213 Å². The van der Waals surface area contributed by atoms with E-state index in [0.717, 1.165) is 171 Å². The van der Waals surface area contributed by atoms with Crippen LogP contribution in [-0.4, -0.2) is 159 Å². The molecule has 22 rings (SSSR count). The Morgan fingerprint density at radius 3 is 1.12 bits per heavy atom.